The summed E-state index contributed by atoms with van der Waals surface area (Å²) < 4.78 is 7.44. The van der Waals surface area contributed by atoms with Crippen LogP contribution in [0.2, 0.25) is 0 Å². The minimum absolute atomic E-state index is 0.109. The molecule has 0 aliphatic rings. The largest absolute Gasteiger partial charge is 0.493 e. The zero-order chi connectivity index (χ0) is 16.1. The van der Waals surface area contributed by atoms with Gasteiger partial charge in [-0.15, -0.1) is 0 Å². The van der Waals surface area contributed by atoms with Gasteiger partial charge in [0.2, 0.25) is 0 Å². The maximum atomic E-state index is 12.5. The molecule has 0 radical (unpaired) electrons. The lowest BCUT2D eigenvalue weighted by molar-refractivity contribution is 0.0936. The van der Waals surface area contributed by atoms with Gasteiger partial charge >= 0.3 is 0 Å². The first-order valence-corrected chi connectivity index (χ1v) is 7.63. The summed E-state index contributed by atoms with van der Waals surface area (Å²) in [6, 6.07) is 7.17. The molecule has 0 saturated carbocycles. The van der Waals surface area contributed by atoms with E-state index in [4.69, 9.17) is 4.74 Å². The molecule has 22 heavy (non-hydrogen) atoms. The van der Waals surface area contributed by atoms with Crippen LogP contribution < -0.4 is 10.1 Å². The van der Waals surface area contributed by atoms with Gasteiger partial charge in [-0.2, -0.15) is 5.10 Å². The molecule has 0 aliphatic heterocycles. The average molecular weight is 301 g/mol. The maximum Gasteiger partial charge on any atom is 0.255 e. The maximum absolute atomic E-state index is 12.5. The molecule has 2 aromatic rings. The Hall–Kier alpha value is -2.30. The standard InChI is InChI=1S/C17H23N3O2/c1-5-20-13(4)15(11-18-20)12(3)19-17(21)14-9-7-8-10-16(14)22-6-2/h7-12H,5-6H2,1-4H3,(H,19,21). The quantitative estimate of drug-likeness (QED) is 0.892. The van der Waals surface area contributed by atoms with Gasteiger partial charge in [0, 0.05) is 17.8 Å². The van der Waals surface area contributed by atoms with Gasteiger partial charge in [0.1, 0.15) is 5.75 Å². The predicted octanol–water partition coefficient (Wildman–Crippen LogP) is 3.10. The molecule has 0 bridgehead atoms. The molecule has 1 unspecified atom stereocenters. The SMILES string of the molecule is CCOc1ccccc1C(=O)NC(C)c1cnn(CC)c1C. The molecule has 1 aromatic heterocycles. The van der Waals surface area contributed by atoms with Gasteiger partial charge in [0.15, 0.2) is 0 Å². The van der Waals surface area contributed by atoms with E-state index in [0.717, 1.165) is 17.8 Å². The van der Waals surface area contributed by atoms with Crippen molar-refractivity contribution in [3.8, 4) is 5.75 Å². The third kappa shape index (κ3) is 3.30. The van der Waals surface area contributed by atoms with Crippen molar-refractivity contribution < 1.29 is 9.53 Å². The second-order valence-electron chi connectivity index (χ2n) is 5.13. The van der Waals surface area contributed by atoms with E-state index >= 15 is 0 Å². The van der Waals surface area contributed by atoms with Crippen molar-refractivity contribution in [3.05, 3.63) is 47.3 Å². The van der Waals surface area contributed by atoms with Crippen LogP contribution in [0.15, 0.2) is 30.5 Å². The van der Waals surface area contributed by atoms with E-state index in [-0.39, 0.29) is 11.9 Å². The fourth-order valence-electron chi connectivity index (χ4n) is 2.49. The van der Waals surface area contributed by atoms with E-state index in [1.165, 1.54) is 0 Å². The normalized spacial score (nSPS) is 12.0. The lowest BCUT2D eigenvalue weighted by Crippen LogP contribution is -2.27. The molecule has 2 rings (SSSR count). The zero-order valence-corrected chi connectivity index (χ0v) is 13.6. The summed E-state index contributed by atoms with van der Waals surface area (Å²) in [7, 11) is 0. The van der Waals surface area contributed by atoms with E-state index in [0.29, 0.717) is 17.9 Å². The Bertz CT molecular complexity index is 649. The number of carbonyl (C=O) groups excluding carboxylic acids is 1. The van der Waals surface area contributed by atoms with E-state index in [2.05, 4.69) is 10.4 Å². The van der Waals surface area contributed by atoms with E-state index in [9.17, 15) is 4.79 Å². The molecule has 1 aromatic carbocycles. The molecule has 0 fully saturated rings. The lowest BCUT2D eigenvalue weighted by Gasteiger charge is -2.16. The fourth-order valence-corrected chi connectivity index (χ4v) is 2.49. The summed E-state index contributed by atoms with van der Waals surface area (Å²) in [4.78, 5) is 12.5. The topological polar surface area (TPSA) is 56.1 Å². The van der Waals surface area contributed by atoms with Crippen LogP contribution in [0.5, 0.6) is 5.75 Å². The Kier molecular flexibility index (Phi) is 5.20. The number of aromatic nitrogens is 2. The van der Waals surface area contributed by atoms with Crippen LogP contribution in [0.25, 0.3) is 0 Å². The van der Waals surface area contributed by atoms with Crippen LogP contribution in [0, 0.1) is 6.92 Å². The van der Waals surface area contributed by atoms with Gasteiger partial charge in [0.25, 0.3) is 5.91 Å². The van der Waals surface area contributed by atoms with E-state index in [1.54, 1.807) is 6.07 Å². The first kappa shape index (κ1) is 16.1. The van der Waals surface area contributed by atoms with Gasteiger partial charge in [-0.3, -0.25) is 9.48 Å². The third-order valence-electron chi connectivity index (χ3n) is 3.69. The summed E-state index contributed by atoms with van der Waals surface area (Å²) in [5, 5.41) is 7.34. The first-order valence-electron chi connectivity index (χ1n) is 7.63. The second kappa shape index (κ2) is 7.11. The van der Waals surface area contributed by atoms with Crippen molar-refractivity contribution in [3.63, 3.8) is 0 Å². The van der Waals surface area contributed by atoms with Crippen LogP contribution in [-0.2, 0) is 6.54 Å². The Morgan fingerprint density at radius 2 is 2.09 bits per heavy atom. The molecule has 0 saturated heterocycles. The second-order valence-corrected chi connectivity index (χ2v) is 5.13. The highest BCUT2D eigenvalue weighted by Gasteiger charge is 2.18. The Balaban J connectivity index is 2.16. The number of ether oxygens (including phenoxy) is 1. The summed E-state index contributed by atoms with van der Waals surface area (Å²) >= 11 is 0. The van der Waals surface area contributed by atoms with Crippen molar-refractivity contribution >= 4 is 5.91 Å². The lowest BCUT2D eigenvalue weighted by atomic mass is 10.1. The van der Waals surface area contributed by atoms with Gasteiger partial charge in [-0.1, -0.05) is 12.1 Å². The highest BCUT2D eigenvalue weighted by atomic mass is 16.5. The van der Waals surface area contributed by atoms with Crippen molar-refractivity contribution in [2.45, 2.75) is 40.3 Å². The Morgan fingerprint density at radius 1 is 1.36 bits per heavy atom. The zero-order valence-electron chi connectivity index (χ0n) is 13.6. The van der Waals surface area contributed by atoms with Crippen LogP contribution in [0.3, 0.4) is 0 Å². The number of hydrogen-bond acceptors (Lipinski definition) is 3. The Morgan fingerprint density at radius 3 is 2.73 bits per heavy atom. The van der Waals surface area contributed by atoms with Crippen molar-refractivity contribution in [2.24, 2.45) is 0 Å². The molecule has 1 N–H and O–H groups in total. The van der Waals surface area contributed by atoms with Crippen molar-refractivity contribution in [2.75, 3.05) is 6.61 Å². The Labute approximate surface area is 131 Å². The molecule has 118 valence electrons. The van der Waals surface area contributed by atoms with Crippen molar-refractivity contribution in [1.29, 1.82) is 0 Å². The number of aryl methyl sites for hydroxylation is 1. The van der Waals surface area contributed by atoms with E-state index < -0.39 is 0 Å². The molecule has 0 aliphatic carbocycles. The minimum atomic E-state index is -0.139. The third-order valence-corrected chi connectivity index (χ3v) is 3.69. The monoisotopic (exact) mass is 301 g/mol. The summed E-state index contributed by atoms with van der Waals surface area (Å²) in [5.41, 5.74) is 2.66. The molecular weight excluding hydrogens is 278 g/mol. The molecule has 1 amide bonds. The molecular formula is C17H23N3O2. The number of carbonyl (C=O) groups is 1. The summed E-state index contributed by atoms with van der Waals surface area (Å²) in [6.45, 7) is 9.28. The first-order chi connectivity index (χ1) is 10.6. The number of nitrogens with one attached hydrogen (secondary N) is 1. The number of amides is 1. The van der Waals surface area contributed by atoms with Crippen LogP contribution >= 0.6 is 0 Å². The molecule has 5 nitrogen and oxygen atoms in total. The number of hydrogen-bond donors (Lipinski definition) is 1. The number of rotatable bonds is 6. The smallest absolute Gasteiger partial charge is 0.255 e. The van der Waals surface area contributed by atoms with Crippen molar-refractivity contribution in [1.82, 2.24) is 15.1 Å². The fraction of sp³-hybridized carbons (Fsp3) is 0.412. The highest BCUT2D eigenvalue weighted by Crippen LogP contribution is 2.21. The molecule has 1 atom stereocenters. The molecule has 0 spiro atoms. The molecule has 5 heteroatoms. The molecule has 1 heterocycles. The van der Waals surface area contributed by atoms with Gasteiger partial charge in [0.05, 0.1) is 24.4 Å². The van der Waals surface area contributed by atoms with Crippen LogP contribution in [0.4, 0.5) is 0 Å². The van der Waals surface area contributed by atoms with Crippen LogP contribution in [0.1, 0.15) is 48.4 Å². The van der Waals surface area contributed by atoms with Gasteiger partial charge < -0.3 is 10.1 Å². The number of benzene rings is 1. The van der Waals surface area contributed by atoms with Gasteiger partial charge in [-0.05, 0) is 39.8 Å². The van der Waals surface area contributed by atoms with E-state index in [1.807, 2.05) is 56.8 Å². The minimum Gasteiger partial charge on any atom is -0.493 e. The van der Waals surface area contributed by atoms with Gasteiger partial charge in [-0.25, -0.2) is 0 Å². The number of para-hydroxylation sites is 1. The average Bonchev–Trinajstić information content (AvgIpc) is 2.89. The summed E-state index contributed by atoms with van der Waals surface area (Å²) in [6.07, 6.45) is 1.82. The number of nitrogens with zero attached hydrogens (tertiary/aromatic N) is 2. The predicted molar refractivity (Wildman–Crippen MR) is 86.1 cm³/mol. The highest BCUT2D eigenvalue weighted by molar-refractivity contribution is 5.97. The summed E-state index contributed by atoms with van der Waals surface area (Å²) in [5.74, 6) is 0.468. The van der Waals surface area contributed by atoms with Crippen LogP contribution in [-0.4, -0.2) is 22.3 Å².